The van der Waals surface area contributed by atoms with Crippen LogP contribution in [0.2, 0.25) is 0 Å². The summed E-state index contributed by atoms with van der Waals surface area (Å²) in [5.74, 6) is 2.10. The maximum atomic E-state index is 12.9. The Kier molecular flexibility index (Phi) is 3.03. The topological polar surface area (TPSA) is 32.3 Å². The molecule has 0 bridgehead atoms. The fourth-order valence-corrected chi connectivity index (χ4v) is 4.23. The minimum Gasteiger partial charge on any atom is -0.311 e. The average Bonchev–Trinajstić information content (AvgIpc) is 3.25. The maximum Gasteiger partial charge on any atom is 0.230 e. The van der Waals surface area contributed by atoms with E-state index in [1.54, 1.807) is 0 Å². The molecule has 0 aromatic heterocycles. The summed E-state index contributed by atoms with van der Waals surface area (Å²) in [6.45, 7) is 2.58. The molecule has 3 heteroatoms. The quantitative estimate of drug-likeness (QED) is 0.850. The number of hydrogen-bond acceptors (Lipinski definition) is 2. The van der Waals surface area contributed by atoms with Gasteiger partial charge in [-0.2, -0.15) is 0 Å². The molecule has 1 amide bonds. The van der Waals surface area contributed by atoms with Crippen LogP contribution in [-0.2, 0) is 11.3 Å². The zero-order valence-corrected chi connectivity index (χ0v) is 11.8. The van der Waals surface area contributed by atoms with Crippen molar-refractivity contribution in [3.8, 4) is 0 Å². The zero-order chi connectivity index (χ0) is 13.5. The second-order valence-electron chi connectivity index (χ2n) is 6.43. The number of carbonyl (C=O) groups is 1. The van der Waals surface area contributed by atoms with Gasteiger partial charge in [-0.25, -0.2) is 0 Å². The van der Waals surface area contributed by atoms with Crippen molar-refractivity contribution in [2.45, 2.75) is 32.2 Å². The van der Waals surface area contributed by atoms with Crippen molar-refractivity contribution in [2.75, 3.05) is 18.0 Å². The first-order valence-electron chi connectivity index (χ1n) is 7.96. The first-order valence-corrected chi connectivity index (χ1v) is 7.96. The molecule has 2 atom stereocenters. The van der Waals surface area contributed by atoms with E-state index in [1.807, 2.05) is 6.07 Å². The van der Waals surface area contributed by atoms with Gasteiger partial charge < -0.3 is 10.2 Å². The summed E-state index contributed by atoms with van der Waals surface area (Å²) in [5.41, 5.74) is 2.38. The summed E-state index contributed by atoms with van der Waals surface area (Å²) in [6.07, 6.45) is 5.19. The Morgan fingerprint density at radius 1 is 1.15 bits per heavy atom. The fourth-order valence-electron chi connectivity index (χ4n) is 4.23. The van der Waals surface area contributed by atoms with Crippen LogP contribution < -0.4 is 10.2 Å². The molecule has 2 fully saturated rings. The highest BCUT2D eigenvalue weighted by Crippen LogP contribution is 2.56. The van der Waals surface area contributed by atoms with Gasteiger partial charge in [-0.15, -0.1) is 0 Å². The molecule has 0 spiro atoms. The number of benzene rings is 1. The average molecular weight is 270 g/mol. The van der Waals surface area contributed by atoms with Crippen molar-refractivity contribution >= 4 is 11.6 Å². The first kappa shape index (κ1) is 12.4. The highest BCUT2D eigenvalue weighted by Gasteiger charge is 2.56. The van der Waals surface area contributed by atoms with Crippen molar-refractivity contribution in [1.29, 1.82) is 0 Å². The zero-order valence-electron chi connectivity index (χ0n) is 11.8. The van der Waals surface area contributed by atoms with Gasteiger partial charge >= 0.3 is 0 Å². The molecular formula is C17H22N2O. The number of amides is 1. The van der Waals surface area contributed by atoms with Crippen LogP contribution in [0.1, 0.15) is 31.2 Å². The molecule has 106 valence electrons. The maximum absolute atomic E-state index is 12.9. The molecule has 2 saturated carbocycles. The second-order valence-corrected chi connectivity index (χ2v) is 6.43. The molecule has 20 heavy (non-hydrogen) atoms. The Balaban J connectivity index is 1.60. The minimum atomic E-state index is 0.323. The Hall–Kier alpha value is -1.35. The molecule has 0 saturated heterocycles. The lowest BCUT2D eigenvalue weighted by Gasteiger charge is -2.23. The van der Waals surface area contributed by atoms with E-state index in [1.165, 1.54) is 31.2 Å². The van der Waals surface area contributed by atoms with Crippen LogP contribution >= 0.6 is 0 Å². The van der Waals surface area contributed by atoms with Gasteiger partial charge in [-0.05, 0) is 36.3 Å². The number of hydrogen-bond donors (Lipinski definition) is 1. The monoisotopic (exact) mass is 270 g/mol. The lowest BCUT2D eigenvalue weighted by atomic mass is 10.0. The number of nitrogens with one attached hydrogen (secondary N) is 1. The van der Waals surface area contributed by atoms with Crippen molar-refractivity contribution in [1.82, 2.24) is 5.32 Å². The normalized spacial score (nSPS) is 32.0. The largest absolute Gasteiger partial charge is 0.311 e. The van der Waals surface area contributed by atoms with E-state index in [4.69, 9.17) is 0 Å². The van der Waals surface area contributed by atoms with Crippen molar-refractivity contribution in [2.24, 2.45) is 17.8 Å². The van der Waals surface area contributed by atoms with Crippen LogP contribution in [0.15, 0.2) is 24.3 Å². The van der Waals surface area contributed by atoms with Gasteiger partial charge in [0.1, 0.15) is 0 Å². The van der Waals surface area contributed by atoms with Crippen LogP contribution in [0.5, 0.6) is 0 Å². The summed E-state index contributed by atoms with van der Waals surface area (Å²) < 4.78 is 0. The number of rotatable bonds is 1. The van der Waals surface area contributed by atoms with E-state index in [-0.39, 0.29) is 0 Å². The Morgan fingerprint density at radius 3 is 2.70 bits per heavy atom. The number of anilines is 1. The smallest absolute Gasteiger partial charge is 0.230 e. The Morgan fingerprint density at radius 2 is 1.90 bits per heavy atom. The van der Waals surface area contributed by atoms with Gasteiger partial charge in [0.05, 0.1) is 0 Å². The molecular weight excluding hydrogens is 248 g/mol. The van der Waals surface area contributed by atoms with Crippen LogP contribution in [0, 0.1) is 17.8 Å². The molecule has 3 aliphatic rings. The minimum absolute atomic E-state index is 0.323. The van der Waals surface area contributed by atoms with Gasteiger partial charge in [0, 0.05) is 31.2 Å². The summed E-state index contributed by atoms with van der Waals surface area (Å²) in [6, 6.07) is 8.34. The highest BCUT2D eigenvalue weighted by molar-refractivity contribution is 5.98. The standard InChI is InChI=1S/C17H22N2O/c20-17(16-13-6-2-3-7-14(13)16)19-10-9-18-11-12-5-1-4-8-15(12)19/h1,4-5,8,13-14,16,18H,2-3,6-7,9-11H2. The molecule has 4 rings (SSSR count). The van der Waals surface area contributed by atoms with Crippen LogP contribution in [0.3, 0.4) is 0 Å². The third kappa shape index (κ3) is 1.96. The van der Waals surface area contributed by atoms with Crippen LogP contribution in [0.4, 0.5) is 5.69 Å². The van der Waals surface area contributed by atoms with E-state index in [2.05, 4.69) is 28.4 Å². The van der Waals surface area contributed by atoms with E-state index in [0.717, 1.165) is 25.3 Å². The van der Waals surface area contributed by atoms with Gasteiger partial charge in [0.2, 0.25) is 5.91 Å². The van der Waals surface area contributed by atoms with Crippen LogP contribution in [0.25, 0.3) is 0 Å². The third-order valence-electron chi connectivity index (χ3n) is 5.32. The molecule has 2 unspecified atom stereocenters. The third-order valence-corrected chi connectivity index (χ3v) is 5.32. The Bertz CT molecular complexity index is 515. The number of para-hydroxylation sites is 1. The lowest BCUT2D eigenvalue weighted by molar-refractivity contribution is -0.120. The van der Waals surface area contributed by atoms with Gasteiger partial charge in [0.15, 0.2) is 0 Å². The fraction of sp³-hybridized carbons (Fsp3) is 0.588. The van der Waals surface area contributed by atoms with Crippen molar-refractivity contribution in [3.63, 3.8) is 0 Å². The number of fused-ring (bicyclic) bond motifs is 2. The second kappa shape index (κ2) is 4.88. The molecule has 1 heterocycles. The molecule has 2 aliphatic carbocycles. The van der Waals surface area contributed by atoms with E-state index in [9.17, 15) is 4.79 Å². The van der Waals surface area contributed by atoms with Gasteiger partial charge in [-0.3, -0.25) is 4.79 Å². The SMILES string of the molecule is O=C(C1C2CCCCC21)N1CCNCc2ccccc21. The summed E-state index contributed by atoms with van der Waals surface area (Å²) in [4.78, 5) is 15.0. The molecule has 1 aliphatic heterocycles. The highest BCUT2D eigenvalue weighted by atomic mass is 16.2. The predicted molar refractivity (Wildman–Crippen MR) is 79.4 cm³/mol. The van der Waals surface area contributed by atoms with E-state index in [0.29, 0.717) is 23.7 Å². The molecule has 1 aromatic carbocycles. The summed E-state index contributed by atoms with van der Waals surface area (Å²) in [7, 11) is 0. The molecule has 1 aromatic rings. The summed E-state index contributed by atoms with van der Waals surface area (Å²) in [5, 5.41) is 3.42. The van der Waals surface area contributed by atoms with Crippen LogP contribution in [-0.4, -0.2) is 19.0 Å². The predicted octanol–water partition coefficient (Wildman–Crippen LogP) is 2.56. The van der Waals surface area contributed by atoms with E-state index >= 15 is 0 Å². The number of nitrogens with zero attached hydrogens (tertiary/aromatic N) is 1. The molecule has 0 radical (unpaired) electrons. The number of carbonyl (C=O) groups excluding carboxylic acids is 1. The summed E-state index contributed by atoms with van der Waals surface area (Å²) >= 11 is 0. The van der Waals surface area contributed by atoms with Crippen molar-refractivity contribution in [3.05, 3.63) is 29.8 Å². The lowest BCUT2D eigenvalue weighted by Crippen LogP contribution is -2.36. The van der Waals surface area contributed by atoms with Crippen molar-refractivity contribution < 1.29 is 4.79 Å². The molecule has 1 N–H and O–H groups in total. The van der Waals surface area contributed by atoms with Gasteiger partial charge in [-0.1, -0.05) is 31.0 Å². The van der Waals surface area contributed by atoms with Gasteiger partial charge in [0.25, 0.3) is 0 Å². The van der Waals surface area contributed by atoms with E-state index < -0.39 is 0 Å². The molecule has 3 nitrogen and oxygen atoms in total. The Labute approximate surface area is 120 Å². The first-order chi connectivity index (χ1) is 9.86.